The fourth-order valence-electron chi connectivity index (χ4n) is 5.21. The largest absolute Gasteiger partial charge is 0.314 e. The minimum absolute atomic E-state index is 0.483. The van der Waals surface area contributed by atoms with E-state index in [-0.39, 0.29) is 0 Å². The summed E-state index contributed by atoms with van der Waals surface area (Å²) in [6, 6.07) is 0. The highest BCUT2D eigenvalue weighted by Gasteiger charge is 2.52. The SMILES string of the molecule is CNCc1nc(C23CC4CC(CC(C4)C2)C3)cs1. The van der Waals surface area contributed by atoms with Gasteiger partial charge in [-0.15, -0.1) is 11.3 Å². The number of aromatic nitrogens is 1. The molecule has 4 aliphatic rings. The lowest BCUT2D eigenvalue weighted by atomic mass is 9.49. The zero-order chi connectivity index (χ0) is 12.2. The van der Waals surface area contributed by atoms with Gasteiger partial charge in [-0.3, -0.25) is 0 Å². The summed E-state index contributed by atoms with van der Waals surface area (Å²) in [6.45, 7) is 0.928. The van der Waals surface area contributed by atoms with Crippen molar-refractivity contribution < 1.29 is 0 Å². The molecule has 1 aromatic rings. The Morgan fingerprint density at radius 2 is 1.83 bits per heavy atom. The van der Waals surface area contributed by atoms with E-state index in [4.69, 9.17) is 4.98 Å². The van der Waals surface area contributed by atoms with E-state index in [1.165, 1.54) is 49.2 Å². The van der Waals surface area contributed by atoms with Gasteiger partial charge in [0.15, 0.2) is 0 Å². The molecule has 5 rings (SSSR count). The highest BCUT2D eigenvalue weighted by atomic mass is 32.1. The Morgan fingerprint density at radius 1 is 1.22 bits per heavy atom. The predicted molar refractivity (Wildman–Crippen MR) is 74.7 cm³/mol. The van der Waals surface area contributed by atoms with Crippen molar-refractivity contribution in [3.63, 3.8) is 0 Å². The van der Waals surface area contributed by atoms with Gasteiger partial charge in [-0.25, -0.2) is 4.98 Å². The van der Waals surface area contributed by atoms with Crippen LogP contribution in [0.4, 0.5) is 0 Å². The van der Waals surface area contributed by atoms with Crippen molar-refractivity contribution in [1.82, 2.24) is 10.3 Å². The van der Waals surface area contributed by atoms with E-state index in [2.05, 4.69) is 10.7 Å². The normalized spacial score (nSPS) is 41.5. The van der Waals surface area contributed by atoms with Crippen LogP contribution in [0, 0.1) is 17.8 Å². The van der Waals surface area contributed by atoms with E-state index in [1.54, 1.807) is 0 Å². The lowest BCUT2D eigenvalue weighted by molar-refractivity contribution is -0.00698. The van der Waals surface area contributed by atoms with Crippen LogP contribution in [0.2, 0.25) is 0 Å². The van der Waals surface area contributed by atoms with Crippen LogP contribution in [0.25, 0.3) is 0 Å². The van der Waals surface area contributed by atoms with Crippen molar-refractivity contribution >= 4 is 11.3 Å². The molecule has 4 fully saturated rings. The minimum Gasteiger partial charge on any atom is -0.314 e. The first-order valence-corrected chi connectivity index (χ1v) is 8.25. The van der Waals surface area contributed by atoms with Gasteiger partial charge in [0.2, 0.25) is 0 Å². The molecule has 0 unspecified atom stereocenters. The lowest BCUT2D eigenvalue weighted by Crippen LogP contribution is -2.48. The number of nitrogens with one attached hydrogen (secondary N) is 1. The van der Waals surface area contributed by atoms with E-state index in [0.29, 0.717) is 5.41 Å². The molecular formula is C15H22N2S. The molecule has 0 aliphatic heterocycles. The summed E-state index contributed by atoms with van der Waals surface area (Å²) in [5.41, 5.74) is 1.92. The molecule has 0 spiro atoms. The van der Waals surface area contributed by atoms with Gasteiger partial charge in [-0.2, -0.15) is 0 Å². The number of thiazole rings is 1. The fraction of sp³-hybridized carbons (Fsp3) is 0.800. The van der Waals surface area contributed by atoms with Crippen molar-refractivity contribution in [3.8, 4) is 0 Å². The van der Waals surface area contributed by atoms with Gasteiger partial charge >= 0.3 is 0 Å². The van der Waals surface area contributed by atoms with Crippen molar-refractivity contribution in [3.05, 3.63) is 16.1 Å². The van der Waals surface area contributed by atoms with Gasteiger partial charge < -0.3 is 5.32 Å². The molecule has 2 nitrogen and oxygen atoms in total. The topological polar surface area (TPSA) is 24.9 Å². The first-order chi connectivity index (χ1) is 8.77. The van der Waals surface area contributed by atoms with Crippen LogP contribution in [-0.2, 0) is 12.0 Å². The second-order valence-electron chi connectivity index (χ2n) is 6.85. The van der Waals surface area contributed by atoms with Crippen molar-refractivity contribution in [2.45, 2.75) is 50.5 Å². The Bertz CT molecular complexity index is 416. The second kappa shape index (κ2) is 4.04. The molecule has 0 amide bonds. The fourth-order valence-corrected chi connectivity index (χ4v) is 6.14. The van der Waals surface area contributed by atoms with Gasteiger partial charge in [0.25, 0.3) is 0 Å². The summed E-state index contributed by atoms with van der Waals surface area (Å²) >= 11 is 1.85. The molecule has 0 atom stereocenters. The van der Waals surface area contributed by atoms with Gasteiger partial charge in [-0.05, 0) is 63.3 Å². The van der Waals surface area contributed by atoms with Crippen LogP contribution in [0.3, 0.4) is 0 Å². The van der Waals surface area contributed by atoms with Gasteiger partial charge in [0, 0.05) is 17.3 Å². The highest BCUT2D eigenvalue weighted by molar-refractivity contribution is 7.09. The van der Waals surface area contributed by atoms with E-state index < -0.39 is 0 Å². The smallest absolute Gasteiger partial charge is 0.107 e. The van der Waals surface area contributed by atoms with Crippen molar-refractivity contribution in [1.29, 1.82) is 0 Å². The summed E-state index contributed by atoms with van der Waals surface area (Å²) in [4.78, 5) is 4.95. The molecule has 18 heavy (non-hydrogen) atoms. The molecular weight excluding hydrogens is 240 g/mol. The van der Waals surface area contributed by atoms with Crippen LogP contribution in [0.5, 0.6) is 0 Å². The standard InChI is InChI=1S/C15H22N2S/c1-16-8-14-17-13(9-18-14)15-5-10-2-11(6-15)4-12(3-10)7-15/h9-12,16H,2-8H2,1H3. The van der Waals surface area contributed by atoms with Crippen molar-refractivity contribution in [2.24, 2.45) is 17.8 Å². The van der Waals surface area contributed by atoms with Crippen LogP contribution in [-0.4, -0.2) is 12.0 Å². The van der Waals surface area contributed by atoms with Gasteiger partial charge in [-0.1, -0.05) is 0 Å². The average Bonchev–Trinajstić information content (AvgIpc) is 2.77. The van der Waals surface area contributed by atoms with E-state index >= 15 is 0 Å². The summed E-state index contributed by atoms with van der Waals surface area (Å²) in [5, 5.41) is 6.85. The Kier molecular flexibility index (Phi) is 2.56. The molecule has 0 radical (unpaired) electrons. The van der Waals surface area contributed by atoms with Crippen LogP contribution < -0.4 is 5.32 Å². The molecule has 3 heteroatoms. The highest BCUT2D eigenvalue weighted by Crippen LogP contribution is 2.60. The zero-order valence-electron chi connectivity index (χ0n) is 11.1. The molecule has 4 aliphatic carbocycles. The lowest BCUT2D eigenvalue weighted by Gasteiger charge is -2.56. The maximum absolute atomic E-state index is 4.95. The Hall–Kier alpha value is -0.410. The molecule has 1 aromatic heterocycles. The summed E-state index contributed by atoms with van der Waals surface area (Å²) in [6.07, 6.45) is 8.86. The Balaban J connectivity index is 1.66. The third-order valence-corrected chi connectivity index (χ3v) is 6.31. The van der Waals surface area contributed by atoms with Crippen LogP contribution >= 0.6 is 11.3 Å². The number of hydrogen-bond donors (Lipinski definition) is 1. The van der Waals surface area contributed by atoms with E-state index in [1.807, 2.05) is 18.4 Å². The van der Waals surface area contributed by atoms with Gasteiger partial charge in [0.1, 0.15) is 5.01 Å². The molecule has 0 aromatic carbocycles. The third kappa shape index (κ3) is 1.67. The molecule has 4 saturated carbocycles. The third-order valence-electron chi connectivity index (χ3n) is 5.46. The minimum atomic E-state index is 0.483. The molecule has 98 valence electrons. The summed E-state index contributed by atoms with van der Waals surface area (Å²) in [7, 11) is 2.01. The summed E-state index contributed by atoms with van der Waals surface area (Å²) in [5.74, 6) is 3.06. The number of rotatable bonds is 3. The molecule has 4 bridgehead atoms. The second-order valence-corrected chi connectivity index (χ2v) is 7.80. The monoisotopic (exact) mass is 262 g/mol. The van der Waals surface area contributed by atoms with Crippen LogP contribution in [0.1, 0.15) is 49.2 Å². The Labute approximate surface area is 113 Å². The first kappa shape index (κ1) is 11.4. The number of hydrogen-bond acceptors (Lipinski definition) is 3. The maximum Gasteiger partial charge on any atom is 0.107 e. The quantitative estimate of drug-likeness (QED) is 0.904. The summed E-state index contributed by atoms with van der Waals surface area (Å²) < 4.78 is 0. The maximum atomic E-state index is 4.95. The van der Waals surface area contributed by atoms with Crippen molar-refractivity contribution in [2.75, 3.05) is 7.05 Å². The van der Waals surface area contributed by atoms with Gasteiger partial charge in [0.05, 0.1) is 5.69 Å². The first-order valence-electron chi connectivity index (χ1n) is 7.37. The van der Waals surface area contributed by atoms with E-state index in [9.17, 15) is 0 Å². The average molecular weight is 262 g/mol. The molecule has 0 saturated heterocycles. The zero-order valence-corrected chi connectivity index (χ0v) is 11.9. The predicted octanol–water partition coefficient (Wildman–Crippen LogP) is 3.33. The molecule has 1 N–H and O–H groups in total. The Morgan fingerprint density at radius 3 is 2.39 bits per heavy atom. The molecule has 1 heterocycles. The van der Waals surface area contributed by atoms with E-state index in [0.717, 1.165) is 24.3 Å². The number of nitrogens with zero attached hydrogens (tertiary/aromatic N) is 1. The van der Waals surface area contributed by atoms with Crippen LogP contribution in [0.15, 0.2) is 5.38 Å².